The number of nitrogens with zero attached hydrogens (tertiary/aromatic N) is 1. The van der Waals surface area contributed by atoms with Crippen LogP contribution >= 0.6 is 15.9 Å². The summed E-state index contributed by atoms with van der Waals surface area (Å²) in [4.78, 5) is 25.6. The molecule has 0 aliphatic rings. The van der Waals surface area contributed by atoms with Crippen LogP contribution in [0.1, 0.15) is 34.7 Å². The lowest BCUT2D eigenvalue weighted by atomic mass is 10.1. The van der Waals surface area contributed by atoms with Crippen LogP contribution in [0.3, 0.4) is 0 Å². The molecule has 0 saturated carbocycles. The monoisotopic (exact) mass is 429 g/mol. The Morgan fingerprint density at radius 1 is 1.04 bits per heavy atom. The Hall–Kier alpha value is -2.60. The van der Waals surface area contributed by atoms with Crippen molar-refractivity contribution in [3.8, 4) is 5.75 Å². The molecular formula is C21H20BrNO4. The maximum atomic E-state index is 13.4. The maximum Gasteiger partial charge on any atom is 0.340 e. The molecule has 3 rings (SSSR count). The molecule has 2 aromatic carbocycles. The van der Waals surface area contributed by atoms with Gasteiger partial charge in [-0.05, 0) is 51.1 Å². The van der Waals surface area contributed by atoms with Crippen molar-refractivity contribution >= 4 is 38.7 Å². The Balaban J connectivity index is 2.08. The van der Waals surface area contributed by atoms with Crippen LogP contribution in [0.4, 0.5) is 0 Å². The number of ether oxygens (including phenoxy) is 2. The van der Waals surface area contributed by atoms with E-state index >= 15 is 0 Å². The van der Waals surface area contributed by atoms with Gasteiger partial charge in [0.25, 0.3) is 5.91 Å². The number of rotatable bonds is 4. The van der Waals surface area contributed by atoms with Crippen LogP contribution in [0.25, 0.3) is 10.9 Å². The minimum Gasteiger partial charge on any atom is -0.478 e. The van der Waals surface area contributed by atoms with Crippen molar-refractivity contribution in [2.45, 2.75) is 26.4 Å². The predicted octanol–water partition coefficient (Wildman–Crippen LogP) is 5.00. The quantitative estimate of drug-likeness (QED) is 0.547. The molecular weight excluding hydrogens is 410 g/mol. The smallest absolute Gasteiger partial charge is 0.340 e. The van der Waals surface area contributed by atoms with E-state index in [1.165, 1.54) is 11.7 Å². The number of para-hydroxylation sites is 1. The Kier molecular flexibility index (Phi) is 5.11. The highest BCUT2D eigenvalue weighted by Crippen LogP contribution is 2.30. The molecule has 0 saturated heterocycles. The van der Waals surface area contributed by atoms with Gasteiger partial charge in [0.1, 0.15) is 5.75 Å². The zero-order chi connectivity index (χ0) is 19.8. The fraction of sp³-hybridized carbons (Fsp3) is 0.238. The van der Waals surface area contributed by atoms with E-state index in [1.807, 2.05) is 30.3 Å². The normalized spacial score (nSPS) is 11.4. The third kappa shape index (κ3) is 3.49. The standard InChI is InChI=1S/C21H20BrNO4/c1-13-18(19(24)26-4)16-7-5-6-8-17(16)23(13)20(25)21(2,3)27-15-11-9-14(22)10-12-15/h5-12H,1-4H3. The summed E-state index contributed by atoms with van der Waals surface area (Å²) in [5, 5.41) is 0.676. The predicted molar refractivity (Wildman–Crippen MR) is 107 cm³/mol. The number of fused-ring (bicyclic) bond motifs is 1. The van der Waals surface area contributed by atoms with Crippen LogP contribution < -0.4 is 4.74 Å². The molecule has 0 aliphatic heterocycles. The lowest BCUT2D eigenvalue weighted by Crippen LogP contribution is -2.42. The van der Waals surface area contributed by atoms with Crippen LogP contribution in [0.2, 0.25) is 0 Å². The summed E-state index contributed by atoms with van der Waals surface area (Å²) in [5.41, 5.74) is 0.419. The van der Waals surface area contributed by atoms with Crippen LogP contribution in [0.5, 0.6) is 5.75 Å². The lowest BCUT2D eigenvalue weighted by molar-refractivity contribution is 0.0490. The summed E-state index contributed by atoms with van der Waals surface area (Å²) in [6, 6.07) is 14.5. The highest BCUT2D eigenvalue weighted by Gasteiger charge is 2.35. The average Bonchev–Trinajstić information content (AvgIpc) is 2.94. The molecule has 0 atom stereocenters. The molecule has 6 heteroatoms. The Bertz CT molecular complexity index is 1020. The number of carbonyl (C=O) groups is 2. The third-order valence-electron chi connectivity index (χ3n) is 4.41. The molecule has 140 valence electrons. The number of hydrogen-bond donors (Lipinski definition) is 0. The first-order chi connectivity index (χ1) is 12.8. The van der Waals surface area contributed by atoms with E-state index < -0.39 is 11.6 Å². The highest BCUT2D eigenvalue weighted by atomic mass is 79.9. The van der Waals surface area contributed by atoms with Gasteiger partial charge in [0, 0.05) is 15.6 Å². The van der Waals surface area contributed by atoms with Crippen molar-refractivity contribution in [3.05, 3.63) is 64.3 Å². The van der Waals surface area contributed by atoms with E-state index in [2.05, 4.69) is 15.9 Å². The Labute approximate surface area is 166 Å². The van der Waals surface area contributed by atoms with Gasteiger partial charge >= 0.3 is 5.97 Å². The molecule has 3 aromatic rings. The maximum absolute atomic E-state index is 13.4. The van der Waals surface area contributed by atoms with E-state index in [4.69, 9.17) is 9.47 Å². The van der Waals surface area contributed by atoms with Gasteiger partial charge in [-0.3, -0.25) is 9.36 Å². The second-order valence-corrected chi connectivity index (χ2v) is 7.59. The summed E-state index contributed by atoms with van der Waals surface area (Å²) in [6.07, 6.45) is 0. The lowest BCUT2D eigenvalue weighted by Gasteiger charge is -2.26. The molecule has 0 bridgehead atoms. The fourth-order valence-corrected chi connectivity index (χ4v) is 3.36. The van der Waals surface area contributed by atoms with Gasteiger partial charge in [0.05, 0.1) is 18.2 Å². The zero-order valence-electron chi connectivity index (χ0n) is 15.6. The molecule has 0 aliphatic carbocycles. The molecule has 5 nitrogen and oxygen atoms in total. The van der Waals surface area contributed by atoms with Crippen molar-refractivity contribution in [2.24, 2.45) is 0 Å². The minimum absolute atomic E-state index is 0.269. The van der Waals surface area contributed by atoms with Crippen molar-refractivity contribution in [1.82, 2.24) is 4.57 Å². The minimum atomic E-state index is -1.15. The molecule has 0 fully saturated rings. The fourth-order valence-electron chi connectivity index (χ4n) is 3.10. The van der Waals surface area contributed by atoms with E-state index in [0.29, 0.717) is 27.9 Å². The zero-order valence-corrected chi connectivity index (χ0v) is 17.2. The number of carbonyl (C=O) groups excluding carboxylic acids is 2. The SMILES string of the molecule is COC(=O)c1c(C)n(C(=O)C(C)(C)Oc2ccc(Br)cc2)c2ccccc12. The molecule has 0 unspecified atom stereocenters. The molecule has 0 amide bonds. The molecule has 27 heavy (non-hydrogen) atoms. The Morgan fingerprint density at radius 2 is 1.67 bits per heavy atom. The number of benzene rings is 2. The van der Waals surface area contributed by atoms with Gasteiger partial charge in [-0.25, -0.2) is 4.79 Å². The molecule has 0 N–H and O–H groups in total. The van der Waals surface area contributed by atoms with Crippen LogP contribution in [0, 0.1) is 6.92 Å². The largest absolute Gasteiger partial charge is 0.478 e. The van der Waals surface area contributed by atoms with Crippen molar-refractivity contribution < 1.29 is 19.1 Å². The molecule has 1 aromatic heterocycles. The highest BCUT2D eigenvalue weighted by molar-refractivity contribution is 9.10. The van der Waals surface area contributed by atoms with E-state index in [9.17, 15) is 9.59 Å². The van der Waals surface area contributed by atoms with Gasteiger partial charge in [0.15, 0.2) is 5.60 Å². The van der Waals surface area contributed by atoms with Gasteiger partial charge in [0.2, 0.25) is 0 Å². The number of methoxy groups -OCH3 is 1. The summed E-state index contributed by atoms with van der Waals surface area (Å²) in [6.45, 7) is 5.16. The van der Waals surface area contributed by atoms with Crippen molar-refractivity contribution in [3.63, 3.8) is 0 Å². The van der Waals surface area contributed by atoms with Crippen LogP contribution in [-0.2, 0) is 4.74 Å². The Morgan fingerprint density at radius 3 is 2.30 bits per heavy atom. The number of hydrogen-bond acceptors (Lipinski definition) is 4. The molecule has 0 radical (unpaired) electrons. The number of halogens is 1. The average molecular weight is 430 g/mol. The van der Waals surface area contributed by atoms with Gasteiger partial charge in [-0.2, -0.15) is 0 Å². The van der Waals surface area contributed by atoms with Crippen LogP contribution in [-0.4, -0.2) is 29.2 Å². The first kappa shape index (κ1) is 19.2. The number of aromatic nitrogens is 1. The summed E-state index contributed by atoms with van der Waals surface area (Å²) < 4.78 is 13.3. The summed E-state index contributed by atoms with van der Waals surface area (Å²) in [7, 11) is 1.33. The topological polar surface area (TPSA) is 57.5 Å². The van der Waals surface area contributed by atoms with Crippen molar-refractivity contribution in [1.29, 1.82) is 0 Å². The first-order valence-electron chi connectivity index (χ1n) is 8.44. The number of esters is 1. The van der Waals surface area contributed by atoms with Gasteiger partial charge < -0.3 is 9.47 Å². The van der Waals surface area contributed by atoms with E-state index in [0.717, 1.165) is 4.47 Å². The third-order valence-corrected chi connectivity index (χ3v) is 4.93. The summed E-state index contributed by atoms with van der Waals surface area (Å²) in [5.74, 6) is -0.157. The van der Waals surface area contributed by atoms with Crippen molar-refractivity contribution in [2.75, 3.05) is 7.11 Å². The van der Waals surface area contributed by atoms with E-state index in [1.54, 1.807) is 39.0 Å². The second-order valence-electron chi connectivity index (χ2n) is 6.68. The molecule has 0 spiro atoms. The summed E-state index contributed by atoms with van der Waals surface area (Å²) >= 11 is 3.38. The van der Waals surface area contributed by atoms with Crippen LogP contribution in [0.15, 0.2) is 53.0 Å². The van der Waals surface area contributed by atoms with E-state index in [-0.39, 0.29) is 5.91 Å². The second kappa shape index (κ2) is 7.19. The first-order valence-corrected chi connectivity index (χ1v) is 9.23. The van der Waals surface area contributed by atoms with Gasteiger partial charge in [-0.1, -0.05) is 34.1 Å². The molecule has 1 heterocycles. The van der Waals surface area contributed by atoms with Gasteiger partial charge in [-0.15, -0.1) is 0 Å².